The van der Waals surface area contributed by atoms with E-state index in [-0.39, 0.29) is 16.8 Å². The highest BCUT2D eigenvalue weighted by Gasteiger charge is 2.33. The highest BCUT2D eigenvalue weighted by molar-refractivity contribution is 7.07. The van der Waals surface area contributed by atoms with Gasteiger partial charge in [0, 0.05) is 12.1 Å². The number of hydrogen-bond acceptors (Lipinski definition) is 9. The molecule has 0 saturated carbocycles. The average Bonchev–Trinajstić information content (AvgIpc) is 3.21. The number of nitro groups is 1. The number of fused-ring (bicyclic) bond motifs is 1. The van der Waals surface area contributed by atoms with Crippen molar-refractivity contribution in [3.63, 3.8) is 0 Å². The van der Waals surface area contributed by atoms with Gasteiger partial charge in [0.1, 0.15) is 0 Å². The van der Waals surface area contributed by atoms with Crippen LogP contribution in [0.3, 0.4) is 0 Å². The Morgan fingerprint density at radius 3 is 2.68 bits per heavy atom. The molecule has 0 saturated heterocycles. The van der Waals surface area contributed by atoms with E-state index < -0.39 is 16.9 Å². The Balaban J connectivity index is 1.89. The van der Waals surface area contributed by atoms with Gasteiger partial charge in [0.25, 0.3) is 11.2 Å². The molecule has 0 spiro atoms. The van der Waals surface area contributed by atoms with Crippen LogP contribution in [-0.2, 0) is 9.53 Å². The molecule has 4 rings (SSSR count). The summed E-state index contributed by atoms with van der Waals surface area (Å²) in [5, 5.41) is 11.2. The Labute approximate surface area is 222 Å². The zero-order valence-electron chi connectivity index (χ0n) is 21.4. The molecule has 1 aromatic heterocycles. The molecule has 0 bridgehead atoms. The number of esters is 1. The summed E-state index contributed by atoms with van der Waals surface area (Å²) in [6.45, 7) is 4.30. The van der Waals surface area contributed by atoms with Crippen molar-refractivity contribution in [2.75, 3.05) is 20.8 Å². The molecular formula is C27H27N3O7S. The lowest BCUT2D eigenvalue weighted by Gasteiger charge is -2.25. The van der Waals surface area contributed by atoms with Crippen LogP contribution < -0.4 is 24.4 Å². The van der Waals surface area contributed by atoms with Gasteiger partial charge in [0.2, 0.25) is 0 Å². The van der Waals surface area contributed by atoms with Crippen LogP contribution in [0.1, 0.15) is 43.9 Å². The number of hydrogen-bond donors (Lipinski definition) is 0. The van der Waals surface area contributed by atoms with Crippen LogP contribution in [-0.4, -0.2) is 36.3 Å². The predicted molar refractivity (Wildman–Crippen MR) is 142 cm³/mol. The summed E-state index contributed by atoms with van der Waals surface area (Å²) in [7, 11) is 2.80. The summed E-state index contributed by atoms with van der Waals surface area (Å²) in [4.78, 5) is 42.2. The van der Waals surface area contributed by atoms with Crippen molar-refractivity contribution >= 4 is 29.1 Å². The Morgan fingerprint density at radius 1 is 1.21 bits per heavy atom. The lowest BCUT2D eigenvalue weighted by Crippen LogP contribution is -2.39. The topological polar surface area (TPSA) is 122 Å². The van der Waals surface area contributed by atoms with E-state index in [9.17, 15) is 19.7 Å². The summed E-state index contributed by atoms with van der Waals surface area (Å²) in [5.74, 6) is 0.422. The second-order valence-corrected chi connectivity index (χ2v) is 9.55. The van der Waals surface area contributed by atoms with Gasteiger partial charge in [-0.15, -0.1) is 0 Å². The number of thiazole rings is 1. The molecule has 38 heavy (non-hydrogen) atoms. The third-order valence-corrected chi connectivity index (χ3v) is 7.05. The standard InChI is InChI=1S/C27H27N3O7S/c1-5-6-12-37-20-11-10-18(15-21(20)35-3)24-23(26(32)36-4)16(2)28-27-29(24)25(31)22(38-27)14-17-8-7-9-19(13-17)30(33)34/h7-11,13-15,24H,5-6,12H2,1-4H3. The molecule has 3 aromatic rings. The maximum Gasteiger partial charge on any atom is 0.338 e. The number of allylic oxidation sites excluding steroid dienone is 1. The summed E-state index contributed by atoms with van der Waals surface area (Å²) in [5.41, 5.74) is 1.29. The van der Waals surface area contributed by atoms with Crippen molar-refractivity contribution in [3.05, 3.63) is 94.7 Å². The van der Waals surface area contributed by atoms with Crippen LogP contribution in [0.5, 0.6) is 11.5 Å². The van der Waals surface area contributed by atoms with Gasteiger partial charge in [-0.1, -0.05) is 42.9 Å². The van der Waals surface area contributed by atoms with Gasteiger partial charge in [-0.2, -0.15) is 0 Å². The van der Waals surface area contributed by atoms with E-state index in [4.69, 9.17) is 14.2 Å². The van der Waals surface area contributed by atoms with Gasteiger partial charge < -0.3 is 14.2 Å². The second kappa shape index (κ2) is 11.4. The quantitative estimate of drug-likeness (QED) is 0.177. The van der Waals surface area contributed by atoms with Crippen LogP contribution in [0.15, 0.2) is 63.5 Å². The molecule has 198 valence electrons. The normalized spacial score (nSPS) is 15.1. The largest absolute Gasteiger partial charge is 0.493 e. The van der Waals surface area contributed by atoms with Gasteiger partial charge in [-0.25, -0.2) is 9.79 Å². The number of unbranched alkanes of at least 4 members (excludes halogenated alkanes) is 1. The Hall–Kier alpha value is -4.25. The van der Waals surface area contributed by atoms with Gasteiger partial charge in [-0.05, 0) is 42.7 Å². The third kappa shape index (κ3) is 5.23. The Morgan fingerprint density at radius 2 is 2.00 bits per heavy atom. The summed E-state index contributed by atoms with van der Waals surface area (Å²) in [6, 6.07) is 10.5. The monoisotopic (exact) mass is 537 g/mol. The zero-order valence-corrected chi connectivity index (χ0v) is 22.2. The number of carbonyl (C=O) groups excluding carboxylic acids is 1. The first-order valence-corrected chi connectivity index (χ1v) is 12.8. The van der Waals surface area contributed by atoms with E-state index in [1.807, 2.05) is 0 Å². The van der Waals surface area contributed by atoms with Gasteiger partial charge in [-0.3, -0.25) is 19.5 Å². The van der Waals surface area contributed by atoms with Crippen molar-refractivity contribution < 1.29 is 23.9 Å². The fourth-order valence-electron chi connectivity index (χ4n) is 4.19. The number of methoxy groups -OCH3 is 2. The first-order chi connectivity index (χ1) is 18.3. The Bertz CT molecular complexity index is 1600. The minimum absolute atomic E-state index is 0.0819. The van der Waals surface area contributed by atoms with E-state index in [1.54, 1.807) is 43.3 Å². The van der Waals surface area contributed by atoms with Crippen LogP contribution >= 0.6 is 11.3 Å². The van der Waals surface area contributed by atoms with Crippen LogP contribution in [0.2, 0.25) is 0 Å². The number of nitrogens with zero attached hydrogens (tertiary/aromatic N) is 3. The van der Waals surface area contributed by atoms with E-state index >= 15 is 0 Å². The smallest absolute Gasteiger partial charge is 0.338 e. The Kier molecular flexibility index (Phi) is 8.06. The first-order valence-electron chi connectivity index (χ1n) is 11.9. The first kappa shape index (κ1) is 26.8. The minimum Gasteiger partial charge on any atom is -0.493 e. The molecule has 0 fully saturated rings. The molecule has 0 amide bonds. The number of non-ortho nitro benzene ring substituents is 1. The van der Waals surface area contributed by atoms with Gasteiger partial charge in [0.05, 0.1) is 47.6 Å². The molecule has 10 nitrogen and oxygen atoms in total. The van der Waals surface area contributed by atoms with E-state index in [0.29, 0.717) is 44.3 Å². The highest BCUT2D eigenvalue weighted by atomic mass is 32.1. The summed E-state index contributed by atoms with van der Waals surface area (Å²) in [6.07, 6.45) is 3.45. The number of nitro benzene ring substituents is 1. The molecule has 0 radical (unpaired) electrons. The predicted octanol–water partition coefficient (Wildman–Crippen LogP) is 3.50. The molecule has 1 aliphatic rings. The molecule has 2 aromatic carbocycles. The fourth-order valence-corrected chi connectivity index (χ4v) is 5.23. The van der Waals surface area contributed by atoms with Crippen molar-refractivity contribution in [2.24, 2.45) is 4.99 Å². The fraction of sp³-hybridized carbons (Fsp3) is 0.296. The van der Waals surface area contributed by atoms with E-state index in [1.165, 1.54) is 30.9 Å². The SMILES string of the molecule is CCCCOc1ccc(C2C(C(=O)OC)=C(C)N=c3sc(=Cc4cccc([N+](=O)[O-])c4)c(=O)n32)cc1OC. The number of aromatic nitrogens is 1. The summed E-state index contributed by atoms with van der Waals surface area (Å²) >= 11 is 1.14. The van der Waals surface area contributed by atoms with E-state index in [2.05, 4.69) is 11.9 Å². The second-order valence-electron chi connectivity index (χ2n) is 8.54. The van der Waals surface area contributed by atoms with Crippen molar-refractivity contribution in [1.29, 1.82) is 0 Å². The maximum atomic E-state index is 13.7. The zero-order chi connectivity index (χ0) is 27.4. The van der Waals surface area contributed by atoms with Crippen molar-refractivity contribution in [3.8, 4) is 11.5 Å². The maximum absolute atomic E-state index is 13.7. The lowest BCUT2D eigenvalue weighted by atomic mass is 9.95. The molecule has 1 unspecified atom stereocenters. The van der Waals surface area contributed by atoms with Crippen molar-refractivity contribution in [2.45, 2.75) is 32.7 Å². The van der Waals surface area contributed by atoms with Crippen molar-refractivity contribution in [1.82, 2.24) is 4.57 Å². The van der Waals surface area contributed by atoms with Crippen LogP contribution in [0.4, 0.5) is 5.69 Å². The van der Waals surface area contributed by atoms with Crippen LogP contribution in [0, 0.1) is 10.1 Å². The molecule has 0 aliphatic carbocycles. The number of rotatable bonds is 9. The van der Waals surface area contributed by atoms with E-state index in [0.717, 1.165) is 24.2 Å². The minimum atomic E-state index is -0.829. The lowest BCUT2D eigenvalue weighted by molar-refractivity contribution is -0.384. The summed E-state index contributed by atoms with van der Waals surface area (Å²) < 4.78 is 18.2. The molecule has 1 aliphatic heterocycles. The molecule has 2 heterocycles. The average molecular weight is 538 g/mol. The molecular weight excluding hydrogens is 510 g/mol. The van der Waals surface area contributed by atoms with Crippen LogP contribution in [0.25, 0.3) is 6.08 Å². The van der Waals surface area contributed by atoms with Gasteiger partial charge in [0.15, 0.2) is 16.3 Å². The number of carbonyl (C=O) groups is 1. The number of benzene rings is 2. The highest BCUT2D eigenvalue weighted by Crippen LogP contribution is 2.36. The third-order valence-electron chi connectivity index (χ3n) is 6.06. The molecule has 1 atom stereocenters. The molecule has 0 N–H and O–H groups in total. The van der Waals surface area contributed by atoms with Gasteiger partial charge >= 0.3 is 5.97 Å². The molecule has 11 heteroatoms. The number of ether oxygens (including phenoxy) is 3.